The molecule has 0 spiro atoms. The van der Waals surface area contributed by atoms with Gasteiger partial charge in [-0.15, -0.1) is 11.3 Å². The summed E-state index contributed by atoms with van der Waals surface area (Å²) in [5.74, 6) is 0.756. The van der Waals surface area contributed by atoms with Gasteiger partial charge in [-0.05, 0) is 54.4 Å². The van der Waals surface area contributed by atoms with Crippen molar-refractivity contribution in [2.45, 2.75) is 6.92 Å². The molecule has 6 heteroatoms. The largest absolute Gasteiger partial charge is 0.497 e. The van der Waals surface area contributed by atoms with E-state index in [0.29, 0.717) is 9.47 Å². The first kappa shape index (κ1) is 13.1. The molecule has 1 aromatic carbocycles. The predicted molar refractivity (Wildman–Crippen MR) is 83.9 cm³/mol. The van der Waals surface area contributed by atoms with E-state index in [0.717, 1.165) is 22.5 Å². The van der Waals surface area contributed by atoms with Crippen LogP contribution in [0.4, 0.5) is 0 Å². The Hall–Kier alpha value is -1.92. The lowest BCUT2D eigenvalue weighted by Gasteiger charge is -2.11. The second kappa shape index (κ2) is 4.88. The summed E-state index contributed by atoms with van der Waals surface area (Å²) < 4.78 is 7.79. The van der Waals surface area contributed by atoms with Crippen LogP contribution in [0.3, 0.4) is 0 Å². The molecule has 1 N–H and O–H groups in total. The van der Waals surface area contributed by atoms with Crippen molar-refractivity contribution in [1.82, 2.24) is 9.55 Å². The Morgan fingerprint density at radius 1 is 1.35 bits per heavy atom. The molecular formula is C14H12N2O2S2. The van der Waals surface area contributed by atoms with Gasteiger partial charge in [-0.1, -0.05) is 0 Å². The summed E-state index contributed by atoms with van der Waals surface area (Å²) >= 11 is 6.73. The lowest BCUT2D eigenvalue weighted by Crippen LogP contribution is -2.20. The highest BCUT2D eigenvalue weighted by atomic mass is 32.1. The van der Waals surface area contributed by atoms with Gasteiger partial charge in [0, 0.05) is 0 Å². The topological polar surface area (TPSA) is 47.0 Å². The third-order valence-corrected chi connectivity index (χ3v) is 4.34. The Kier molecular flexibility index (Phi) is 3.19. The smallest absolute Gasteiger partial charge is 0.276 e. The molecule has 2 heterocycles. The zero-order chi connectivity index (χ0) is 14.3. The number of hydrogen-bond donors (Lipinski definition) is 1. The number of thiophene rings is 1. The molecule has 0 atom stereocenters. The number of H-pyrrole nitrogens is 1. The number of benzene rings is 1. The second-order valence-corrected chi connectivity index (χ2v) is 5.69. The van der Waals surface area contributed by atoms with Gasteiger partial charge >= 0.3 is 0 Å². The van der Waals surface area contributed by atoms with Crippen LogP contribution in [0.1, 0.15) is 5.56 Å². The van der Waals surface area contributed by atoms with Crippen LogP contribution in [-0.2, 0) is 0 Å². The summed E-state index contributed by atoms with van der Waals surface area (Å²) in [4.78, 5) is 15.7. The lowest BCUT2D eigenvalue weighted by atomic mass is 10.2. The highest BCUT2D eigenvalue weighted by Gasteiger charge is 2.11. The zero-order valence-corrected chi connectivity index (χ0v) is 12.6. The van der Waals surface area contributed by atoms with Gasteiger partial charge in [-0.2, -0.15) is 0 Å². The molecule has 0 saturated carbocycles. The van der Waals surface area contributed by atoms with Crippen molar-refractivity contribution in [3.8, 4) is 11.4 Å². The van der Waals surface area contributed by atoms with Crippen molar-refractivity contribution in [1.29, 1.82) is 0 Å². The van der Waals surface area contributed by atoms with Crippen LogP contribution in [0.25, 0.3) is 15.9 Å². The molecule has 0 bridgehead atoms. The van der Waals surface area contributed by atoms with E-state index in [-0.39, 0.29) is 5.56 Å². The monoisotopic (exact) mass is 304 g/mol. The maximum atomic E-state index is 12.6. The van der Waals surface area contributed by atoms with E-state index in [4.69, 9.17) is 17.0 Å². The van der Waals surface area contributed by atoms with Crippen LogP contribution < -0.4 is 10.3 Å². The molecule has 0 unspecified atom stereocenters. The minimum Gasteiger partial charge on any atom is -0.497 e. The van der Waals surface area contributed by atoms with E-state index < -0.39 is 0 Å². The SMILES string of the molecule is COc1ccc(-n2c(=S)[nH]c3ccsc3c2=O)c(C)c1. The molecular weight excluding hydrogens is 292 g/mol. The van der Waals surface area contributed by atoms with Crippen LogP contribution in [0.15, 0.2) is 34.4 Å². The van der Waals surface area contributed by atoms with E-state index in [1.807, 2.05) is 36.6 Å². The molecule has 0 aliphatic heterocycles. The highest BCUT2D eigenvalue weighted by molar-refractivity contribution is 7.71. The Balaban J connectivity index is 2.35. The molecule has 3 rings (SSSR count). The molecule has 0 saturated heterocycles. The highest BCUT2D eigenvalue weighted by Crippen LogP contribution is 2.21. The molecule has 2 aromatic heterocycles. The number of aromatic amines is 1. The van der Waals surface area contributed by atoms with Crippen molar-refractivity contribution < 1.29 is 4.74 Å². The molecule has 0 radical (unpaired) electrons. The Morgan fingerprint density at radius 2 is 2.15 bits per heavy atom. The van der Waals surface area contributed by atoms with Gasteiger partial charge in [0.05, 0.1) is 18.3 Å². The third-order valence-electron chi connectivity index (χ3n) is 3.15. The predicted octanol–water partition coefficient (Wildman–Crippen LogP) is 3.43. The Labute approximate surface area is 124 Å². The van der Waals surface area contributed by atoms with Crippen LogP contribution in [0, 0.1) is 11.7 Å². The van der Waals surface area contributed by atoms with Crippen molar-refractivity contribution in [2.24, 2.45) is 0 Å². The minimum atomic E-state index is -0.0907. The first-order chi connectivity index (χ1) is 9.61. The number of nitrogens with one attached hydrogen (secondary N) is 1. The number of ether oxygens (including phenoxy) is 1. The number of aryl methyl sites for hydroxylation is 1. The second-order valence-electron chi connectivity index (χ2n) is 4.39. The van der Waals surface area contributed by atoms with Crippen LogP contribution in [0.5, 0.6) is 5.75 Å². The van der Waals surface area contributed by atoms with E-state index in [2.05, 4.69) is 4.98 Å². The number of nitrogens with zero attached hydrogens (tertiary/aromatic N) is 1. The average molecular weight is 304 g/mol. The first-order valence-electron chi connectivity index (χ1n) is 5.99. The number of rotatable bonds is 2. The van der Waals surface area contributed by atoms with Crippen molar-refractivity contribution in [3.05, 3.63) is 50.3 Å². The summed E-state index contributed by atoms with van der Waals surface area (Å²) in [5, 5.41) is 1.88. The van der Waals surface area contributed by atoms with Gasteiger partial charge in [0.25, 0.3) is 5.56 Å². The molecule has 4 nitrogen and oxygen atoms in total. The number of aromatic nitrogens is 2. The van der Waals surface area contributed by atoms with Crippen molar-refractivity contribution >= 4 is 33.8 Å². The average Bonchev–Trinajstić information content (AvgIpc) is 2.88. The standard InChI is InChI=1S/C14H12N2O2S2/c1-8-7-9(18-2)3-4-11(8)16-13(17)12-10(5-6-20-12)15-14(16)19/h3-7H,1-2H3,(H,15,19). The fraction of sp³-hybridized carbons (Fsp3) is 0.143. The molecule has 0 amide bonds. The Morgan fingerprint density at radius 3 is 2.85 bits per heavy atom. The molecule has 0 aliphatic rings. The van der Waals surface area contributed by atoms with Crippen LogP contribution in [-0.4, -0.2) is 16.7 Å². The number of methoxy groups -OCH3 is 1. The zero-order valence-electron chi connectivity index (χ0n) is 11.0. The van der Waals surface area contributed by atoms with Gasteiger partial charge < -0.3 is 9.72 Å². The lowest BCUT2D eigenvalue weighted by molar-refractivity contribution is 0.414. The maximum Gasteiger partial charge on any atom is 0.276 e. The van der Waals surface area contributed by atoms with Gasteiger partial charge in [-0.25, -0.2) is 0 Å². The van der Waals surface area contributed by atoms with Gasteiger partial charge in [0.15, 0.2) is 4.77 Å². The van der Waals surface area contributed by atoms with Gasteiger partial charge in [0.1, 0.15) is 10.4 Å². The van der Waals surface area contributed by atoms with Crippen molar-refractivity contribution in [3.63, 3.8) is 0 Å². The fourth-order valence-electron chi connectivity index (χ4n) is 2.16. The van der Waals surface area contributed by atoms with Crippen LogP contribution >= 0.6 is 23.6 Å². The van der Waals surface area contributed by atoms with E-state index in [1.165, 1.54) is 15.9 Å². The third kappa shape index (κ3) is 1.97. The molecule has 102 valence electrons. The van der Waals surface area contributed by atoms with Gasteiger partial charge in [0.2, 0.25) is 0 Å². The van der Waals surface area contributed by atoms with Crippen LogP contribution in [0.2, 0.25) is 0 Å². The Bertz CT molecular complexity index is 905. The number of hydrogen-bond acceptors (Lipinski definition) is 4. The molecule has 20 heavy (non-hydrogen) atoms. The number of fused-ring (bicyclic) bond motifs is 1. The maximum absolute atomic E-state index is 12.6. The fourth-order valence-corrected chi connectivity index (χ4v) is 3.23. The summed E-state index contributed by atoms with van der Waals surface area (Å²) in [6.07, 6.45) is 0. The summed E-state index contributed by atoms with van der Waals surface area (Å²) in [5.41, 5.74) is 2.40. The van der Waals surface area contributed by atoms with Crippen molar-refractivity contribution in [2.75, 3.05) is 7.11 Å². The molecule has 3 aromatic rings. The summed E-state index contributed by atoms with van der Waals surface area (Å²) in [6.45, 7) is 1.93. The van der Waals surface area contributed by atoms with E-state index >= 15 is 0 Å². The van der Waals surface area contributed by atoms with E-state index in [1.54, 1.807) is 7.11 Å². The molecule has 0 fully saturated rings. The minimum absolute atomic E-state index is 0.0907. The van der Waals surface area contributed by atoms with Gasteiger partial charge in [-0.3, -0.25) is 9.36 Å². The quantitative estimate of drug-likeness (QED) is 0.738. The first-order valence-corrected chi connectivity index (χ1v) is 7.28. The summed E-state index contributed by atoms with van der Waals surface area (Å²) in [7, 11) is 1.62. The normalized spacial score (nSPS) is 10.9. The summed E-state index contributed by atoms with van der Waals surface area (Å²) in [6, 6.07) is 7.42. The molecule has 0 aliphatic carbocycles. The van der Waals surface area contributed by atoms with E-state index in [9.17, 15) is 4.79 Å².